The molecule has 2 aliphatic carbocycles. The van der Waals surface area contributed by atoms with Gasteiger partial charge in [-0.3, -0.25) is 4.79 Å². The van der Waals surface area contributed by atoms with Gasteiger partial charge in [0.1, 0.15) is 11.9 Å². The highest BCUT2D eigenvalue weighted by atomic mass is 19.4. The van der Waals surface area contributed by atoms with E-state index in [0.717, 1.165) is 23.6 Å². The van der Waals surface area contributed by atoms with E-state index in [0.29, 0.717) is 30.8 Å². The molecule has 0 radical (unpaired) electrons. The first-order valence-corrected chi connectivity index (χ1v) is 9.50. The van der Waals surface area contributed by atoms with Crippen LogP contribution in [0.2, 0.25) is 0 Å². The first-order chi connectivity index (χ1) is 13.4. The Kier molecular flexibility index (Phi) is 4.81. The molecule has 4 rings (SSSR count). The van der Waals surface area contributed by atoms with Gasteiger partial charge in [-0.25, -0.2) is 0 Å². The third-order valence-corrected chi connectivity index (χ3v) is 5.46. The second-order valence-electron chi connectivity index (χ2n) is 7.33. The largest absolute Gasteiger partial charge is 0.486 e. The van der Waals surface area contributed by atoms with Crippen LogP contribution in [0, 0.1) is 5.92 Å². The van der Waals surface area contributed by atoms with Crippen LogP contribution in [0.3, 0.4) is 0 Å². The van der Waals surface area contributed by atoms with Gasteiger partial charge in [0.25, 0.3) is 0 Å². The Morgan fingerprint density at radius 2 is 1.89 bits per heavy atom. The Morgan fingerprint density at radius 3 is 2.57 bits per heavy atom. The highest BCUT2D eigenvalue weighted by molar-refractivity contribution is 5.77. The summed E-state index contributed by atoms with van der Waals surface area (Å²) in [6, 6.07) is 11.5. The van der Waals surface area contributed by atoms with Gasteiger partial charge in [-0.1, -0.05) is 18.2 Å². The molecule has 28 heavy (non-hydrogen) atoms. The Hall–Kier alpha value is -2.50. The number of esters is 1. The van der Waals surface area contributed by atoms with Crippen molar-refractivity contribution in [2.45, 2.75) is 44.4 Å². The molecule has 1 fully saturated rings. The molecule has 3 nitrogen and oxygen atoms in total. The molecule has 3 atom stereocenters. The number of hydrogen-bond donors (Lipinski definition) is 0. The first kappa shape index (κ1) is 18.8. The van der Waals surface area contributed by atoms with E-state index in [2.05, 4.69) is 0 Å². The van der Waals surface area contributed by atoms with Crippen molar-refractivity contribution in [3.63, 3.8) is 0 Å². The van der Waals surface area contributed by atoms with Crippen LogP contribution in [0.4, 0.5) is 13.2 Å². The molecule has 0 amide bonds. The first-order valence-electron chi connectivity index (χ1n) is 9.50. The number of benzene rings is 2. The molecule has 0 spiro atoms. The summed E-state index contributed by atoms with van der Waals surface area (Å²) in [6.45, 7) is 2.19. The van der Waals surface area contributed by atoms with E-state index in [-0.39, 0.29) is 23.9 Å². The van der Waals surface area contributed by atoms with Crippen molar-refractivity contribution in [3.05, 3.63) is 64.7 Å². The highest BCUT2D eigenvalue weighted by Gasteiger charge is 2.45. The van der Waals surface area contributed by atoms with Crippen LogP contribution in [0.1, 0.15) is 54.0 Å². The second kappa shape index (κ2) is 7.15. The van der Waals surface area contributed by atoms with Crippen molar-refractivity contribution in [2.24, 2.45) is 5.92 Å². The molecule has 2 aromatic rings. The second-order valence-corrected chi connectivity index (χ2v) is 7.33. The predicted molar refractivity (Wildman–Crippen MR) is 97.1 cm³/mol. The van der Waals surface area contributed by atoms with Gasteiger partial charge in [-0.2, -0.15) is 13.2 Å². The van der Waals surface area contributed by atoms with E-state index < -0.39 is 11.7 Å². The lowest BCUT2D eigenvalue weighted by Crippen LogP contribution is -2.07. The summed E-state index contributed by atoms with van der Waals surface area (Å²) in [6.07, 6.45) is -2.53. The van der Waals surface area contributed by atoms with Gasteiger partial charge < -0.3 is 9.47 Å². The standard InChI is InChI=1S/C22H21F3O3/c1-2-27-21(26)19-12-18(19)13-3-7-16(8-4-13)28-20-10-5-14-11-15(22(23,24)25)6-9-17(14)20/h3-4,6-9,11,18-20H,2,5,10,12H2,1H3/t18?,19?,20-/m1/s1. The molecule has 0 N–H and O–H groups in total. The molecular formula is C22H21F3O3. The average molecular weight is 390 g/mol. The fraction of sp³-hybridized carbons (Fsp3) is 0.409. The lowest BCUT2D eigenvalue weighted by Gasteiger charge is -2.16. The van der Waals surface area contributed by atoms with E-state index in [1.807, 2.05) is 24.3 Å². The highest BCUT2D eigenvalue weighted by Crippen LogP contribution is 2.48. The van der Waals surface area contributed by atoms with Gasteiger partial charge in [0.05, 0.1) is 18.1 Å². The quantitative estimate of drug-likeness (QED) is 0.638. The van der Waals surface area contributed by atoms with Gasteiger partial charge in [-0.05, 0) is 73.1 Å². The summed E-state index contributed by atoms with van der Waals surface area (Å²) in [4.78, 5) is 11.8. The monoisotopic (exact) mass is 390 g/mol. The normalized spacial score (nSPS) is 23.2. The summed E-state index contributed by atoms with van der Waals surface area (Å²) >= 11 is 0. The van der Waals surface area contributed by atoms with Gasteiger partial charge in [-0.15, -0.1) is 0 Å². The molecule has 148 valence electrons. The van der Waals surface area contributed by atoms with Crippen LogP contribution >= 0.6 is 0 Å². The predicted octanol–water partition coefficient (Wildman–Crippen LogP) is 5.44. The molecule has 0 bridgehead atoms. The van der Waals surface area contributed by atoms with Crippen LogP contribution < -0.4 is 4.74 Å². The minimum Gasteiger partial charge on any atom is -0.486 e. The van der Waals surface area contributed by atoms with Crippen molar-refractivity contribution in [1.29, 1.82) is 0 Å². The Balaban J connectivity index is 1.41. The van der Waals surface area contributed by atoms with Crippen molar-refractivity contribution >= 4 is 5.97 Å². The molecular weight excluding hydrogens is 369 g/mol. The molecule has 2 unspecified atom stereocenters. The Bertz CT molecular complexity index is 874. The number of hydrogen-bond acceptors (Lipinski definition) is 3. The van der Waals surface area contributed by atoms with Crippen LogP contribution in [-0.2, 0) is 22.1 Å². The Labute approximate surface area is 161 Å². The molecule has 2 aliphatic rings. The topological polar surface area (TPSA) is 35.5 Å². The minimum atomic E-state index is -4.33. The Morgan fingerprint density at radius 1 is 1.14 bits per heavy atom. The van der Waals surface area contributed by atoms with Crippen LogP contribution in [0.5, 0.6) is 5.75 Å². The number of ether oxygens (including phenoxy) is 2. The zero-order valence-electron chi connectivity index (χ0n) is 15.5. The van der Waals surface area contributed by atoms with Crippen molar-refractivity contribution < 1.29 is 27.4 Å². The van der Waals surface area contributed by atoms with Gasteiger partial charge >= 0.3 is 12.1 Å². The number of fused-ring (bicyclic) bond motifs is 1. The maximum atomic E-state index is 12.9. The van der Waals surface area contributed by atoms with Gasteiger partial charge in [0.15, 0.2) is 0 Å². The van der Waals surface area contributed by atoms with Crippen molar-refractivity contribution in [3.8, 4) is 5.75 Å². The van der Waals surface area contributed by atoms with Crippen LogP contribution in [0.25, 0.3) is 0 Å². The summed E-state index contributed by atoms with van der Waals surface area (Å²) in [5.41, 5.74) is 1.98. The van der Waals surface area contributed by atoms with E-state index in [4.69, 9.17) is 9.47 Å². The lowest BCUT2D eigenvalue weighted by molar-refractivity contribution is -0.144. The molecule has 0 saturated heterocycles. The van der Waals surface area contributed by atoms with Gasteiger partial charge in [0, 0.05) is 0 Å². The molecule has 6 heteroatoms. The summed E-state index contributed by atoms with van der Waals surface area (Å²) < 4.78 is 49.7. The van der Waals surface area contributed by atoms with Crippen LogP contribution in [0.15, 0.2) is 42.5 Å². The van der Waals surface area contributed by atoms with E-state index >= 15 is 0 Å². The number of halogens is 3. The zero-order valence-corrected chi connectivity index (χ0v) is 15.5. The molecule has 2 aromatic carbocycles. The van der Waals surface area contributed by atoms with Crippen molar-refractivity contribution in [1.82, 2.24) is 0 Å². The van der Waals surface area contributed by atoms with E-state index in [1.165, 1.54) is 12.1 Å². The summed E-state index contributed by atoms with van der Waals surface area (Å²) in [5.74, 6) is 0.667. The van der Waals surface area contributed by atoms with E-state index in [1.54, 1.807) is 6.92 Å². The number of alkyl halides is 3. The van der Waals surface area contributed by atoms with Gasteiger partial charge in [0.2, 0.25) is 0 Å². The fourth-order valence-electron chi connectivity index (χ4n) is 3.91. The van der Waals surface area contributed by atoms with Crippen molar-refractivity contribution in [2.75, 3.05) is 6.61 Å². The SMILES string of the molecule is CCOC(=O)C1CC1c1ccc(O[C@@H]2CCc3cc(C(F)(F)F)ccc32)cc1. The molecule has 0 heterocycles. The lowest BCUT2D eigenvalue weighted by atomic mass is 10.1. The van der Waals surface area contributed by atoms with E-state index in [9.17, 15) is 18.0 Å². The number of rotatable bonds is 5. The summed E-state index contributed by atoms with van der Waals surface area (Å²) in [7, 11) is 0. The van der Waals surface area contributed by atoms with Crippen LogP contribution in [-0.4, -0.2) is 12.6 Å². The molecule has 0 aromatic heterocycles. The number of carbonyl (C=O) groups excluding carboxylic acids is 1. The maximum Gasteiger partial charge on any atom is 0.416 e. The maximum absolute atomic E-state index is 12.9. The third-order valence-electron chi connectivity index (χ3n) is 5.46. The zero-order chi connectivity index (χ0) is 19.9. The summed E-state index contributed by atoms with van der Waals surface area (Å²) in [5, 5.41) is 0. The molecule has 0 aliphatic heterocycles. The average Bonchev–Trinajstić information content (AvgIpc) is 3.37. The number of carbonyl (C=O) groups is 1. The third kappa shape index (κ3) is 3.73. The molecule has 1 saturated carbocycles. The fourth-order valence-corrected chi connectivity index (χ4v) is 3.91. The minimum absolute atomic E-state index is 0.0590. The number of aryl methyl sites for hydroxylation is 1. The smallest absolute Gasteiger partial charge is 0.416 e.